The van der Waals surface area contributed by atoms with Crippen molar-refractivity contribution in [3.8, 4) is 0 Å². The third-order valence-electron chi connectivity index (χ3n) is 3.09. The quantitative estimate of drug-likeness (QED) is 0.733. The summed E-state index contributed by atoms with van der Waals surface area (Å²) in [5.41, 5.74) is 6.33. The van der Waals surface area contributed by atoms with E-state index in [0.717, 1.165) is 12.6 Å². The number of nitrogens with zero attached hydrogens (tertiary/aromatic N) is 1. The van der Waals surface area contributed by atoms with Gasteiger partial charge in [0.2, 0.25) is 0 Å². The molecule has 0 spiro atoms. The zero-order valence-electron chi connectivity index (χ0n) is 10.9. The molecule has 2 heteroatoms. The lowest BCUT2D eigenvalue weighted by molar-refractivity contribution is 0.144. The van der Waals surface area contributed by atoms with Crippen molar-refractivity contribution in [1.29, 1.82) is 0 Å². The molecular weight excluding hydrogens is 184 g/mol. The molecule has 0 aromatic carbocycles. The van der Waals surface area contributed by atoms with E-state index in [1.807, 2.05) is 0 Å². The molecule has 2 nitrogen and oxygen atoms in total. The molecule has 0 radical (unpaired) electrons. The maximum absolute atomic E-state index is 5.94. The van der Waals surface area contributed by atoms with Crippen LogP contribution in [-0.4, -0.2) is 30.1 Å². The highest BCUT2D eigenvalue weighted by molar-refractivity contribution is 4.90. The molecule has 1 aliphatic rings. The summed E-state index contributed by atoms with van der Waals surface area (Å²) in [7, 11) is 0. The molecule has 1 aliphatic carbocycles. The zero-order chi connectivity index (χ0) is 11.5. The normalized spacial score (nSPS) is 19.6. The van der Waals surface area contributed by atoms with Crippen molar-refractivity contribution in [2.75, 3.05) is 13.1 Å². The Balaban J connectivity index is 2.52. The Morgan fingerprint density at radius 1 is 1.33 bits per heavy atom. The average Bonchev–Trinajstić information content (AvgIpc) is 2.92. The van der Waals surface area contributed by atoms with Gasteiger partial charge in [-0.3, -0.25) is 4.90 Å². The van der Waals surface area contributed by atoms with Gasteiger partial charge in [-0.15, -0.1) is 0 Å². The lowest BCUT2D eigenvalue weighted by Crippen LogP contribution is -2.44. The maximum atomic E-state index is 5.94. The summed E-state index contributed by atoms with van der Waals surface area (Å²) in [4.78, 5) is 2.66. The third-order valence-corrected chi connectivity index (χ3v) is 3.09. The van der Waals surface area contributed by atoms with Gasteiger partial charge in [0, 0.05) is 18.6 Å². The van der Waals surface area contributed by atoms with E-state index >= 15 is 0 Å². The summed E-state index contributed by atoms with van der Waals surface area (Å²) >= 11 is 0. The van der Waals surface area contributed by atoms with E-state index in [0.29, 0.717) is 11.5 Å². The second kappa shape index (κ2) is 5.31. The lowest BCUT2D eigenvalue weighted by Gasteiger charge is -2.35. The Hall–Kier alpha value is -0.0800. The predicted molar refractivity (Wildman–Crippen MR) is 66.9 cm³/mol. The first-order valence-corrected chi connectivity index (χ1v) is 6.43. The fourth-order valence-corrected chi connectivity index (χ4v) is 2.37. The van der Waals surface area contributed by atoms with Gasteiger partial charge in [0.15, 0.2) is 0 Å². The molecule has 2 N–H and O–H groups in total. The molecule has 1 unspecified atom stereocenters. The summed E-state index contributed by atoms with van der Waals surface area (Å²) in [5.74, 6) is 0. The molecule has 0 amide bonds. The van der Waals surface area contributed by atoms with Gasteiger partial charge in [0.25, 0.3) is 0 Å². The van der Waals surface area contributed by atoms with Gasteiger partial charge >= 0.3 is 0 Å². The first-order chi connectivity index (χ1) is 6.98. The molecule has 1 rings (SSSR count). The monoisotopic (exact) mass is 212 g/mol. The Morgan fingerprint density at radius 2 is 1.93 bits per heavy atom. The number of hydrogen-bond acceptors (Lipinski definition) is 2. The standard InChI is InChI=1S/C13H28N2/c1-5-8-15(11-6-7-11)12(10-14)9-13(2,3)4/h11-12H,5-10,14H2,1-4H3. The molecule has 1 atom stereocenters. The molecule has 1 fully saturated rings. The van der Waals surface area contributed by atoms with Crippen molar-refractivity contribution < 1.29 is 0 Å². The van der Waals surface area contributed by atoms with Crippen LogP contribution in [0.2, 0.25) is 0 Å². The summed E-state index contributed by atoms with van der Waals surface area (Å²) in [6.07, 6.45) is 5.25. The molecule has 1 saturated carbocycles. The van der Waals surface area contributed by atoms with Gasteiger partial charge in [-0.2, -0.15) is 0 Å². The van der Waals surface area contributed by atoms with E-state index in [2.05, 4.69) is 32.6 Å². The van der Waals surface area contributed by atoms with Crippen LogP contribution >= 0.6 is 0 Å². The number of rotatable bonds is 6. The molecule has 0 aromatic rings. The molecule has 15 heavy (non-hydrogen) atoms. The van der Waals surface area contributed by atoms with E-state index < -0.39 is 0 Å². The number of hydrogen-bond donors (Lipinski definition) is 1. The Kier molecular flexibility index (Phi) is 4.60. The highest BCUT2D eigenvalue weighted by atomic mass is 15.2. The third kappa shape index (κ3) is 4.52. The lowest BCUT2D eigenvalue weighted by atomic mass is 9.87. The maximum Gasteiger partial charge on any atom is 0.0226 e. The van der Waals surface area contributed by atoms with Crippen molar-refractivity contribution >= 4 is 0 Å². The van der Waals surface area contributed by atoms with Crippen LogP contribution in [0.1, 0.15) is 53.4 Å². The van der Waals surface area contributed by atoms with Crippen LogP contribution in [0.5, 0.6) is 0 Å². The fraction of sp³-hybridized carbons (Fsp3) is 1.00. The van der Waals surface area contributed by atoms with Gasteiger partial charge in [-0.05, 0) is 37.6 Å². The summed E-state index contributed by atoms with van der Waals surface area (Å²) in [6, 6.07) is 1.44. The van der Waals surface area contributed by atoms with Gasteiger partial charge in [0.1, 0.15) is 0 Å². The van der Waals surface area contributed by atoms with Crippen LogP contribution in [0.4, 0.5) is 0 Å². The van der Waals surface area contributed by atoms with Gasteiger partial charge < -0.3 is 5.73 Å². The predicted octanol–water partition coefficient (Wildman–Crippen LogP) is 2.62. The molecule has 0 bridgehead atoms. The highest BCUT2D eigenvalue weighted by Crippen LogP contribution is 2.32. The molecule has 0 heterocycles. The highest BCUT2D eigenvalue weighted by Gasteiger charge is 2.34. The van der Waals surface area contributed by atoms with E-state index in [1.54, 1.807) is 0 Å². The smallest absolute Gasteiger partial charge is 0.0226 e. The largest absolute Gasteiger partial charge is 0.329 e. The van der Waals surface area contributed by atoms with Crippen LogP contribution in [0.15, 0.2) is 0 Å². The summed E-state index contributed by atoms with van der Waals surface area (Å²) < 4.78 is 0. The van der Waals surface area contributed by atoms with Crippen LogP contribution < -0.4 is 5.73 Å². The second-order valence-electron chi connectivity index (χ2n) is 6.12. The van der Waals surface area contributed by atoms with Crippen molar-refractivity contribution in [3.05, 3.63) is 0 Å². The minimum Gasteiger partial charge on any atom is -0.329 e. The van der Waals surface area contributed by atoms with Crippen LogP contribution in [0.3, 0.4) is 0 Å². The summed E-state index contributed by atoms with van der Waals surface area (Å²) in [6.45, 7) is 11.2. The molecule has 90 valence electrons. The molecule has 0 aromatic heterocycles. The summed E-state index contributed by atoms with van der Waals surface area (Å²) in [5, 5.41) is 0. The van der Waals surface area contributed by atoms with Crippen molar-refractivity contribution in [2.24, 2.45) is 11.1 Å². The number of nitrogens with two attached hydrogens (primary N) is 1. The first kappa shape index (κ1) is 13.0. The van der Waals surface area contributed by atoms with E-state index in [9.17, 15) is 0 Å². The first-order valence-electron chi connectivity index (χ1n) is 6.43. The second-order valence-corrected chi connectivity index (χ2v) is 6.12. The molecule has 0 saturated heterocycles. The Bertz CT molecular complexity index is 179. The van der Waals surface area contributed by atoms with Crippen molar-refractivity contribution in [2.45, 2.75) is 65.5 Å². The van der Waals surface area contributed by atoms with Crippen molar-refractivity contribution in [3.63, 3.8) is 0 Å². The fourth-order valence-electron chi connectivity index (χ4n) is 2.37. The van der Waals surface area contributed by atoms with Crippen LogP contribution in [-0.2, 0) is 0 Å². The van der Waals surface area contributed by atoms with Gasteiger partial charge in [-0.1, -0.05) is 27.7 Å². The van der Waals surface area contributed by atoms with E-state index in [1.165, 1.54) is 32.2 Å². The minimum absolute atomic E-state index is 0.394. The average molecular weight is 212 g/mol. The topological polar surface area (TPSA) is 29.3 Å². The van der Waals surface area contributed by atoms with E-state index in [4.69, 9.17) is 5.73 Å². The zero-order valence-corrected chi connectivity index (χ0v) is 10.9. The molecular formula is C13H28N2. The Morgan fingerprint density at radius 3 is 2.27 bits per heavy atom. The van der Waals surface area contributed by atoms with Crippen molar-refractivity contribution in [1.82, 2.24) is 4.90 Å². The van der Waals surface area contributed by atoms with Gasteiger partial charge in [0.05, 0.1) is 0 Å². The Labute approximate surface area is 95.2 Å². The van der Waals surface area contributed by atoms with Crippen LogP contribution in [0.25, 0.3) is 0 Å². The van der Waals surface area contributed by atoms with Gasteiger partial charge in [-0.25, -0.2) is 0 Å². The van der Waals surface area contributed by atoms with Crippen LogP contribution in [0, 0.1) is 5.41 Å². The molecule has 0 aliphatic heterocycles. The SMILES string of the molecule is CCCN(C1CC1)C(CN)CC(C)(C)C. The van der Waals surface area contributed by atoms with E-state index in [-0.39, 0.29) is 0 Å². The minimum atomic E-state index is 0.394.